The van der Waals surface area contributed by atoms with Gasteiger partial charge < -0.3 is 20.4 Å². The van der Waals surface area contributed by atoms with Gasteiger partial charge in [-0.1, -0.05) is 13.8 Å². The first kappa shape index (κ1) is 30.4. The molecule has 1 saturated heterocycles. The number of hydrogen-bond acceptors (Lipinski definition) is 7. The van der Waals surface area contributed by atoms with Crippen LogP contribution in [-0.4, -0.2) is 77.4 Å². The van der Waals surface area contributed by atoms with Crippen molar-refractivity contribution in [2.24, 2.45) is 0 Å². The van der Waals surface area contributed by atoms with E-state index in [2.05, 4.69) is 30.7 Å². The third kappa shape index (κ3) is 6.06. The number of rotatable bonds is 8. The van der Waals surface area contributed by atoms with Gasteiger partial charge in [0.2, 0.25) is 10.0 Å². The lowest BCUT2D eigenvalue weighted by Gasteiger charge is -2.36. The van der Waals surface area contributed by atoms with Crippen molar-refractivity contribution in [2.75, 3.05) is 37.3 Å². The molecule has 1 fully saturated rings. The van der Waals surface area contributed by atoms with Gasteiger partial charge in [-0.3, -0.25) is 19.6 Å². The number of likely N-dealkylation sites (tertiary alicyclic amines) is 1. The summed E-state index contributed by atoms with van der Waals surface area (Å²) < 4.78 is 61.9. The number of fused-ring (bicyclic) bond motifs is 1. The number of carbonyl (C=O) groups is 2. The molecule has 2 aliphatic rings. The molecule has 2 aliphatic heterocycles. The minimum atomic E-state index is -4.32. The Morgan fingerprint density at radius 3 is 2.44 bits per heavy atom. The van der Waals surface area contributed by atoms with E-state index >= 15 is 0 Å². The number of hydrogen-bond donors (Lipinski definition) is 4. The van der Waals surface area contributed by atoms with E-state index in [1.165, 1.54) is 12.3 Å². The lowest BCUT2D eigenvalue weighted by Crippen LogP contribution is -2.51. The predicted molar refractivity (Wildman–Crippen MR) is 161 cm³/mol. The van der Waals surface area contributed by atoms with Gasteiger partial charge in [0, 0.05) is 67.4 Å². The standard InChI is InChI=1S/C30H31F2N7O5S/c1-30(2)16-39(45(42,43)22-9-18(31)8-19(32)10-22)15-24-26(30)36-37-27(24)35-29(41)23-5-4-20(44-21-13-38(3)14-21)11-25(23)34-28(40)17-6-7-33-12-17/h4-12,21,33H,13-16H2,1-3H3,(H,34,40)(H2,35,36,37,41). The number of benzene rings is 2. The fourth-order valence-electron chi connectivity index (χ4n) is 5.57. The van der Waals surface area contributed by atoms with E-state index in [1.807, 2.05) is 7.05 Å². The first-order valence-corrected chi connectivity index (χ1v) is 15.5. The van der Waals surface area contributed by atoms with Crippen molar-refractivity contribution in [1.29, 1.82) is 0 Å². The van der Waals surface area contributed by atoms with Crippen LogP contribution in [0, 0.1) is 11.6 Å². The third-order valence-electron chi connectivity index (χ3n) is 7.83. The summed E-state index contributed by atoms with van der Waals surface area (Å²) in [5.74, 6) is -2.54. The van der Waals surface area contributed by atoms with Crippen molar-refractivity contribution in [1.82, 2.24) is 24.4 Å². The Hall–Kier alpha value is -4.60. The van der Waals surface area contributed by atoms with Gasteiger partial charge >= 0.3 is 0 Å². The first-order chi connectivity index (χ1) is 21.3. The molecule has 2 aromatic heterocycles. The number of halogens is 2. The predicted octanol–water partition coefficient (Wildman–Crippen LogP) is 3.70. The normalized spacial score (nSPS) is 16.9. The minimum Gasteiger partial charge on any atom is -0.488 e. The van der Waals surface area contributed by atoms with Crippen LogP contribution in [0.2, 0.25) is 0 Å². The highest BCUT2D eigenvalue weighted by molar-refractivity contribution is 7.89. The fraction of sp³-hybridized carbons (Fsp3) is 0.300. The Morgan fingerprint density at radius 2 is 1.78 bits per heavy atom. The van der Waals surface area contributed by atoms with Crippen LogP contribution < -0.4 is 15.4 Å². The van der Waals surface area contributed by atoms with Gasteiger partial charge in [0.25, 0.3) is 11.8 Å². The van der Waals surface area contributed by atoms with E-state index in [-0.39, 0.29) is 36.3 Å². The summed E-state index contributed by atoms with van der Waals surface area (Å²) >= 11 is 0. The molecule has 15 heteroatoms. The van der Waals surface area contributed by atoms with Gasteiger partial charge in [-0.2, -0.15) is 9.40 Å². The molecule has 6 rings (SSSR count). The van der Waals surface area contributed by atoms with Crippen LogP contribution in [0.25, 0.3) is 0 Å². The van der Waals surface area contributed by atoms with E-state index in [4.69, 9.17) is 4.74 Å². The second-order valence-corrected chi connectivity index (χ2v) is 13.8. The van der Waals surface area contributed by atoms with Crippen molar-refractivity contribution in [3.05, 3.63) is 88.9 Å². The van der Waals surface area contributed by atoms with Crippen LogP contribution in [0.1, 0.15) is 45.8 Å². The van der Waals surface area contributed by atoms with Crippen LogP contribution in [0.5, 0.6) is 5.75 Å². The summed E-state index contributed by atoms with van der Waals surface area (Å²) in [4.78, 5) is 31.0. The molecule has 0 unspecified atom stereocenters. The molecule has 0 spiro atoms. The number of nitrogens with zero attached hydrogens (tertiary/aromatic N) is 3. The Kier molecular flexibility index (Phi) is 7.71. The monoisotopic (exact) mass is 639 g/mol. The second-order valence-electron chi connectivity index (χ2n) is 11.9. The van der Waals surface area contributed by atoms with Crippen LogP contribution in [0.3, 0.4) is 0 Å². The zero-order valence-electron chi connectivity index (χ0n) is 24.6. The summed E-state index contributed by atoms with van der Waals surface area (Å²) in [6, 6.07) is 8.45. The zero-order valence-corrected chi connectivity index (χ0v) is 25.5. The van der Waals surface area contributed by atoms with Crippen molar-refractivity contribution >= 4 is 33.3 Å². The second kappa shape index (κ2) is 11.4. The maximum absolute atomic E-state index is 13.9. The van der Waals surface area contributed by atoms with Crippen LogP contribution in [0.15, 0.2) is 59.8 Å². The molecular weight excluding hydrogens is 608 g/mol. The maximum atomic E-state index is 13.9. The number of H-pyrrole nitrogens is 2. The summed E-state index contributed by atoms with van der Waals surface area (Å²) in [6.45, 7) is 4.84. The number of likely N-dealkylation sites (N-methyl/N-ethyl adjacent to an activating group) is 1. The van der Waals surface area contributed by atoms with Crippen molar-refractivity contribution < 1.29 is 31.5 Å². The topological polar surface area (TPSA) is 153 Å². The van der Waals surface area contributed by atoms with E-state index in [9.17, 15) is 26.8 Å². The van der Waals surface area contributed by atoms with E-state index < -0.39 is 43.8 Å². The van der Waals surface area contributed by atoms with Gasteiger partial charge in [-0.25, -0.2) is 17.2 Å². The average molecular weight is 640 g/mol. The Labute approximate surface area is 257 Å². The quantitative estimate of drug-likeness (QED) is 0.230. The number of ether oxygens (including phenoxy) is 1. The van der Waals surface area contributed by atoms with E-state index in [1.54, 1.807) is 38.2 Å². The van der Waals surface area contributed by atoms with Gasteiger partial charge in [0.05, 0.1) is 21.7 Å². The molecule has 236 valence electrons. The van der Waals surface area contributed by atoms with Crippen LogP contribution >= 0.6 is 0 Å². The highest BCUT2D eigenvalue weighted by Crippen LogP contribution is 2.38. The Balaban J connectivity index is 1.29. The molecule has 12 nitrogen and oxygen atoms in total. The average Bonchev–Trinajstić information content (AvgIpc) is 3.63. The molecular formula is C30H31F2N7O5S. The lowest BCUT2D eigenvalue weighted by atomic mass is 9.84. The van der Waals surface area contributed by atoms with Crippen LogP contribution in [0.4, 0.5) is 20.3 Å². The molecule has 0 aliphatic carbocycles. The number of anilines is 2. The summed E-state index contributed by atoms with van der Waals surface area (Å²) in [7, 11) is -2.35. The van der Waals surface area contributed by atoms with Gasteiger partial charge in [0.15, 0.2) is 5.82 Å². The molecule has 4 N–H and O–H groups in total. The largest absolute Gasteiger partial charge is 0.488 e. The number of sulfonamides is 1. The highest BCUT2D eigenvalue weighted by atomic mass is 32.2. The van der Waals surface area contributed by atoms with E-state index in [0.717, 1.165) is 29.5 Å². The summed E-state index contributed by atoms with van der Waals surface area (Å²) in [6.07, 6.45) is 3.10. The Bertz CT molecular complexity index is 1870. The molecule has 0 bridgehead atoms. The minimum absolute atomic E-state index is 0.0103. The first-order valence-electron chi connectivity index (χ1n) is 14.1. The SMILES string of the molecule is CN1CC(Oc2ccc(C(=O)Nc3n[nH]c4c3CN(S(=O)(=O)c3cc(F)cc(F)c3)CC4(C)C)c(NC(=O)c3cc[nH]c3)c2)C1. The molecule has 0 saturated carbocycles. The zero-order chi connectivity index (χ0) is 32.1. The Morgan fingerprint density at radius 1 is 1.04 bits per heavy atom. The highest BCUT2D eigenvalue weighted by Gasteiger charge is 2.41. The fourth-order valence-corrected chi connectivity index (χ4v) is 7.19. The van der Waals surface area contributed by atoms with E-state index in [0.29, 0.717) is 28.6 Å². The summed E-state index contributed by atoms with van der Waals surface area (Å²) in [5, 5.41) is 12.7. The van der Waals surface area contributed by atoms with Crippen molar-refractivity contribution in [2.45, 2.75) is 36.8 Å². The molecule has 0 radical (unpaired) electrons. The summed E-state index contributed by atoms with van der Waals surface area (Å²) in [5.41, 5.74) is 0.870. The molecule has 4 heterocycles. The number of aromatic amines is 2. The van der Waals surface area contributed by atoms with Crippen LogP contribution in [-0.2, 0) is 22.0 Å². The molecule has 2 aromatic carbocycles. The molecule has 4 aromatic rings. The molecule has 0 atom stereocenters. The van der Waals surface area contributed by atoms with Gasteiger partial charge in [-0.15, -0.1) is 0 Å². The van der Waals surface area contributed by atoms with Gasteiger partial charge in [-0.05, 0) is 37.4 Å². The van der Waals surface area contributed by atoms with Crippen molar-refractivity contribution in [3.63, 3.8) is 0 Å². The van der Waals surface area contributed by atoms with Crippen molar-refractivity contribution in [3.8, 4) is 5.75 Å². The number of carbonyl (C=O) groups excluding carboxylic acids is 2. The maximum Gasteiger partial charge on any atom is 0.258 e. The lowest BCUT2D eigenvalue weighted by molar-refractivity contribution is 0.0389. The smallest absolute Gasteiger partial charge is 0.258 e. The third-order valence-corrected chi connectivity index (χ3v) is 9.60. The van der Waals surface area contributed by atoms with Gasteiger partial charge in [0.1, 0.15) is 23.5 Å². The number of aromatic nitrogens is 3. The number of nitrogens with one attached hydrogen (secondary N) is 4. The number of amides is 2. The molecule has 2 amide bonds. The molecule has 45 heavy (non-hydrogen) atoms.